The molecule has 1 aliphatic rings. The van der Waals surface area contributed by atoms with Crippen LogP contribution in [0.25, 0.3) is 0 Å². The molecule has 25 heavy (non-hydrogen) atoms. The van der Waals surface area contributed by atoms with E-state index in [-0.39, 0.29) is 6.54 Å². The highest BCUT2D eigenvalue weighted by atomic mass is 16.4. The van der Waals surface area contributed by atoms with Gasteiger partial charge in [0.2, 0.25) is 0 Å². The van der Waals surface area contributed by atoms with E-state index in [0.717, 1.165) is 17.4 Å². The molecule has 5 nitrogen and oxygen atoms in total. The highest BCUT2D eigenvalue weighted by molar-refractivity contribution is 5.70. The van der Waals surface area contributed by atoms with Gasteiger partial charge in [0.1, 0.15) is 6.29 Å². The SMILES string of the molecule is O=CC1(Cc2ccccc2)CN(C(=O)O)CCN1Cc1ccccc1. The van der Waals surface area contributed by atoms with Crippen molar-refractivity contribution in [3.05, 3.63) is 71.8 Å². The molecule has 0 bridgehead atoms. The molecule has 3 rings (SSSR count). The van der Waals surface area contributed by atoms with E-state index < -0.39 is 11.6 Å². The fourth-order valence-electron chi connectivity index (χ4n) is 3.45. The normalized spacial score (nSPS) is 21.0. The number of carbonyl (C=O) groups is 2. The summed E-state index contributed by atoms with van der Waals surface area (Å²) in [5.41, 5.74) is 1.29. The molecule has 0 aromatic heterocycles. The quantitative estimate of drug-likeness (QED) is 0.852. The predicted octanol–water partition coefficient (Wildman–Crippen LogP) is 2.66. The van der Waals surface area contributed by atoms with E-state index in [2.05, 4.69) is 4.90 Å². The minimum Gasteiger partial charge on any atom is -0.465 e. The minimum absolute atomic E-state index is 0.188. The van der Waals surface area contributed by atoms with Gasteiger partial charge in [-0.05, 0) is 17.5 Å². The van der Waals surface area contributed by atoms with E-state index >= 15 is 0 Å². The lowest BCUT2D eigenvalue weighted by Gasteiger charge is -2.47. The molecular formula is C20H22N2O3. The van der Waals surface area contributed by atoms with Crippen LogP contribution < -0.4 is 0 Å². The van der Waals surface area contributed by atoms with Gasteiger partial charge in [-0.3, -0.25) is 4.90 Å². The van der Waals surface area contributed by atoms with Gasteiger partial charge in [-0.15, -0.1) is 0 Å². The van der Waals surface area contributed by atoms with Crippen LogP contribution in [0.5, 0.6) is 0 Å². The van der Waals surface area contributed by atoms with Crippen LogP contribution in [0.15, 0.2) is 60.7 Å². The van der Waals surface area contributed by atoms with Crippen LogP contribution in [0, 0.1) is 0 Å². The maximum absolute atomic E-state index is 12.2. The van der Waals surface area contributed by atoms with Crippen LogP contribution in [-0.4, -0.2) is 52.5 Å². The molecule has 1 heterocycles. The lowest BCUT2D eigenvalue weighted by atomic mass is 9.87. The molecule has 1 amide bonds. The Morgan fingerprint density at radius 3 is 2.16 bits per heavy atom. The van der Waals surface area contributed by atoms with Crippen molar-refractivity contribution in [2.24, 2.45) is 0 Å². The Kier molecular flexibility index (Phi) is 5.14. The largest absolute Gasteiger partial charge is 0.465 e. The maximum Gasteiger partial charge on any atom is 0.407 e. The van der Waals surface area contributed by atoms with Gasteiger partial charge >= 0.3 is 6.09 Å². The van der Waals surface area contributed by atoms with Crippen LogP contribution in [0.1, 0.15) is 11.1 Å². The number of benzene rings is 2. The van der Waals surface area contributed by atoms with Crippen molar-refractivity contribution in [2.45, 2.75) is 18.5 Å². The average molecular weight is 338 g/mol. The third kappa shape index (κ3) is 3.88. The number of amides is 1. The van der Waals surface area contributed by atoms with Crippen molar-refractivity contribution in [1.29, 1.82) is 0 Å². The maximum atomic E-state index is 12.2. The Hall–Kier alpha value is -2.66. The first-order valence-corrected chi connectivity index (χ1v) is 8.40. The highest BCUT2D eigenvalue weighted by Gasteiger charge is 2.43. The molecule has 130 valence electrons. The number of hydrogen-bond acceptors (Lipinski definition) is 3. The van der Waals surface area contributed by atoms with Crippen LogP contribution in [0.4, 0.5) is 4.79 Å². The van der Waals surface area contributed by atoms with Gasteiger partial charge in [0.25, 0.3) is 0 Å². The number of aldehydes is 1. The van der Waals surface area contributed by atoms with E-state index in [1.807, 2.05) is 60.7 Å². The number of carbonyl (C=O) groups excluding carboxylic acids is 1. The smallest absolute Gasteiger partial charge is 0.407 e. The molecule has 1 unspecified atom stereocenters. The Labute approximate surface area is 147 Å². The van der Waals surface area contributed by atoms with E-state index in [0.29, 0.717) is 26.1 Å². The van der Waals surface area contributed by atoms with Crippen molar-refractivity contribution in [3.8, 4) is 0 Å². The summed E-state index contributed by atoms with van der Waals surface area (Å²) in [4.78, 5) is 27.1. The van der Waals surface area contributed by atoms with Gasteiger partial charge in [-0.1, -0.05) is 60.7 Å². The van der Waals surface area contributed by atoms with Gasteiger partial charge in [-0.25, -0.2) is 4.79 Å². The fourth-order valence-corrected chi connectivity index (χ4v) is 3.45. The Balaban J connectivity index is 1.90. The van der Waals surface area contributed by atoms with Crippen molar-refractivity contribution < 1.29 is 14.7 Å². The van der Waals surface area contributed by atoms with Crippen LogP contribution >= 0.6 is 0 Å². The average Bonchev–Trinajstić information content (AvgIpc) is 2.64. The molecule has 1 fully saturated rings. The molecular weight excluding hydrogens is 316 g/mol. The summed E-state index contributed by atoms with van der Waals surface area (Å²) in [6.07, 6.45) is 0.449. The Morgan fingerprint density at radius 2 is 1.60 bits per heavy atom. The minimum atomic E-state index is -0.973. The monoisotopic (exact) mass is 338 g/mol. The molecule has 2 aromatic carbocycles. The Morgan fingerprint density at radius 1 is 1.00 bits per heavy atom. The summed E-state index contributed by atoms with van der Waals surface area (Å²) in [5.74, 6) is 0. The van der Waals surface area contributed by atoms with Crippen molar-refractivity contribution >= 4 is 12.4 Å². The number of rotatable bonds is 5. The second-order valence-corrected chi connectivity index (χ2v) is 6.50. The van der Waals surface area contributed by atoms with Gasteiger partial charge in [0.15, 0.2) is 0 Å². The summed E-state index contributed by atoms with van der Waals surface area (Å²) < 4.78 is 0. The highest BCUT2D eigenvalue weighted by Crippen LogP contribution is 2.27. The molecule has 5 heteroatoms. The third-order valence-electron chi connectivity index (χ3n) is 4.79. The zero-order chi connectivity index (χ0) is 17.7. The topological polar surface area (TPSA) is 60.9 Å². The summed E-state index contributed by atoms with van der Waals surface area (Å²) in [6.45, 7) is 1.76. The summed E-state index contributed by atoms with van der Waals surface area (Å²) in [5, 5.41) is 9.40. The van der Waals surface area contributed by atoms with Crippen molar-refractivity contribution in [2.75, 3.05) is 19.6 Å². The van der Waals surface area contributed by atoms with Gasteiger partial charge in [0, 0.05) is 26.2 Å². The first-order valence-electron chi connectivity index (χ1n) is 8.40. The molecule has 1 atom stereocenters. The second-order valence-electron chi connectivity index (χ2n) is 6.50. The van der Waals surface area contributed by atoms with Crippen LogP contribution in [0.2, 0.25) is 0 Å². The lowest BCUT2D eigenvalue weighted by molar-refractivity contribution is -0.123. The zero-order valence-corrected chi connectivity index (χ0v) is 14.0. The number of hydrogen-bond donors (Lipinski definition) is 1. The summed E-state index contributed by atoms with van der Waals surface area (Å²) in [6, 6.07) is 19.7. The van der Waals surface area contributed by atoms with Crippen molar-refractivity contribution in [3.63, 3.8) is 0 Å². The van der Waals surface area contributed by atoms with Crippen molar-refractivity contribution in [1.82, 2.24) is 9.80 Å². The number of nitrogens with zero attached hydrogens (tertiary/aromatic N) is 2. The first kappa shape index (κ1) is 17.2. The number of piperazine rings is 1. The van der Waals surface area contributed by atoms with Gasteiger partial charge in [-0.2, -0.15) is 0 Å². The molecule has 1 N–H and O–H groups in total. The zero-order valence-electron chi connectivity index (χ0n) is 14.0. The Bertz CT molecular complexity index is 720. The first-order chi connectivity index (χ1) is 12.1. The van der Waals surface area contributed by atoms with E-state index in [9.17, 15) is 14.7 Å². The standard InChI is InChI=1S/C20H22N2O3/c23-16-20(13-17-7-3-1-4-8-17)15-21(19(24)25)11-12-22(20)14-18-9-5-2-6-10-18/h1-10,16H,11-15H2,(H,24,25). The molecule has 1 saturated heterocycles. The van der Waals surface area contributed by atoms with E-state index in [1.165, 1.54) is 4.90 Å². The summed E-state index contributed by atoms with van der Waals surface area (Å²) >= 11 is 0. The van der Waals surface area contributed by atoms with E-state index in [1.54, 1.807) is 0 Å². The molecule has 0 aliphatic carbocycles. The second kappa shape index (κ2) is 7.49. The number of carboxylic acid groups (broad SMARTS) is 1. The van der Waals surface area contributed by atoms with Crippen LogP contribution in [0.3, 0.4) is 0 Å². The molecule has 1 aliphatic heterocycles. The molecule has 2 aromatic rings. The molecule has 0 radical (unpaired) electrons. The van der Waals surface area contributed by atoms with E-state index in [4.69, 9.17) is 0 Å². The molecule has 0 saturated carbocycles. The molecule has 0 spiro atoms. The van der Waals surface area contributed by atoms with Gasteiger partial charge in [0.05, 0.1) is 5.54 Å². The fraction of sp³-hybridized carbons (Fsp3) is 0.300. The third-order valence-corrected chi connectivity index (χ3v) is 4.79. The summed E-state index contributed by atoms with van der Waals surface area (Å²) in [7, 11) is 0. The van der Waals surface area contributed by atoms with Crippen LogP contribution in [-0.2, 0) is 17.8 Å². The van der Waals surface area contributed by atoms with Gasteiger partial charge < -0.3 is 14.8 Å². The predicted molar refractivity (Wildman–Crippen MR) is 95.4 cm³/mol. The lowest BCUT2D eigenvalue weighted by Crippen LogP contribution is -2.64.